The van der Waals surface area contributed by atoms with Gasteiger partial charge in [-0.3, -0.25) is 4.79 Å². The molecule has 1 amide bonds. The van der Waals surface area contributed by atoms with Gasteiger partial charge in [-0.25, -0.2) is 8.42 Å². The number of sulfone groups is 1. The molecule has 2 aromatic rings. The predicted molar refractivity (Wildman–Crippen MR) is 96.1 cm³/mol. The molecule has 5 nitrogen and oxygen atoms in total. The van der Waals surface area contributed by atoms with E-state index in [-0.39, 0.29) is 17.4 Å². The van der Waals surface area contributed by atoms with Crippen LogP contribution in [0.1, 0.15) is 5.56 Å². The zero-order valence-corrected chi connectivity index (χ0v) is 15.4. The van der Waals surface area contributed by atoms with Gasteiger partial charge in [0.1, 0.15) is 5.75 Å². The molecule has 0 unspecified atom stereocenters. The monoisotopic (exact) mass is 445 g/mol. The van der Waals surface area contributed by atoms with Gasteiger partial charge in [-0.1, -0.05) is 12.1 Å². The zero-order chi connectivity index (χ0) is 16.9. The molecule has 0 heterocycles. The van der Waals surface area contributed by atoms with E-state index in [2.05, 4.69) is 27.9 Å². The van der Waals surface area contributed by atoms with Gasteiger partial charge in [0.25, 0.3) is 5.91 Å². The molecular formula is C16H16INO4S. The summed E-state index contributed by atoms with van der Waals surface area (Å²) in [7, 11) is -3.20. The average Bonchev–Trinajstić information content (AvgIpc) is 2.52. The van der Waals surface area contributed by atoms with Crippen molar-refractivity contribution in [1.82, 2.24) is 5.32 Å². The third-order valence-corrected chi connectivity index (χ3v) is 4.87. The maximum Gasteiger partial charge on any atom is 0.258 e. The highest BCUT2D eigenvalue weighted by atomic mass is 127. The molecule has 0 saturated heterocycles. The first-order chi connectivity index (χ1) is 10.8. The van der Waals surface area contributed by atoms with Gasteiger partial charge >= 0.3 is 0 Å². The fourth-order valence-electron chi connectivity index (χ4n) is 1.79. The SMILES string of the molecule is CS(=O)(=O)c1ccc(CNC(=O)COc2ccc(I)cc2)cc1. The van der Waals surface area contributed by atoms with Crippen LogP contribution in [0.3, 0.4) is 0 Å². The van der Waals surface area contributed by atoms with E-state index in [4.69, 9.17) is 4.74 Å². The van der Waals surface area contributed by atoms with Crippen molar-refractivity contribution in [3.63, 3.8) is 0 Å². The summed E-state index contributed by atoms with van der Waals surface area (Å²) in [6, 6.07) is 13.8. The van der Waals surface area contributed by atoms with Gasteiger partial charge in [0, 0.05) is 16.4 Å². The highest BCUT2D eigenvalue weighted by Crippen LogP contribution is 2.13. The third-order valence-electron chi connectivity index (χ3n) is 3.02. The molecule has 0 aliphatic carbocycles. The van der Waals surface area contributed by atoms with Crippen molar-refractivity contribution in [3.05, 3.63) is 57.7 Å². The third kappa shape index (κ3) is 5.83. The number of rotatable bonds is 6. The molecular weight excluding hydrogens is 429 g/mol. The normalized spacial score (nSPS) is 11.0. The molecule has 2 aromatic carbocycles. The summed E-state index contributed by atoms with van der Waals surface area (Å²) in [5.74, 6) is 0.397. The number of hydrogen-bond donors (Lipinski definition) is 1. The maximum atomic E-state index is 11.7. The smallest absolute Gasteiger partial charge is 0.258 e. The zero-order valence-electron chi connectivity index (χ0n) is 12.5. The fraction of sp³-hybridized carbons (Fsp3) is 0.188. The molecule has 0 radical (unpaired) electrons. The van der Waals surface area contributed by atoms with Crippen molar-refractivity contribution in [1.29, 1.82) is 0 Å². The number of hydrogen-bond acceptors (Lipinski definition) is 4. The lowest BCUT2D eigenvalue weighted by Gasteiger charge is -2.08. The first kappa shape index (κ1) is 17.7. The molecule has 0 fully saturated rings. The Hall–Kier alpha value is -1.61. The number of ether oxygens (including phenoxy) is 1. The summed E-state index contributed by atoms with van der Waals surface area (Å²) in [5.41, 5.74) is 0.819. The second-order valence-electron chi connectivity index (χ2n) is 4.94. The molecule has 0 aliphatic rings. The molecule has 0 spiro atoms. The van der Waals surface area contributed by atoms with E-state index < -0.39 is 9.84 Å². The van der Waals surface area contributed by atoms with Gasteiger partial charge in [-0.2, -0.15) is 0 Å². The van der Waals surface area contributed by atoms with Gasteiger partial charge in [-0.05, 0) is 64.6 Å². The van der Waals surface area contributed by atoms with Crippen molar-refractivity contribution in [3.8, 4) is 5.75 Å². The predicted octanol–water partition coefficient (Wildman–Crippen LogP) is 2.39. The summed E-state index contributed by atoms with van der Waals surface area (Å²) >= 11 is 2.19. The first-order valence-electron chi connectivity index (χ1n) is 6.79. The van der Waals surface area contributed by atoms with Crippen LogP contribution in [0.4, 0.5) is 0 Å². The number of carbonyl (C=O) groups is 1. The lowest BCUT2D eigenvalue weighted by molar-refractivity contribution is -0.123. The lowest BCUT2D eigenvalue weighted by atomic mass is 10.2. The number of halogens is 1. The van der Waals surface area contributed by atoms with Gasteiger partial charge in [0.05, 0.1) is 4.90 Å². The second-order valence-corrected chi connectivity index (χ2v) is 8.20. The molecule has 0 bridgehead atoms. The number of carbonyl (C=O) groups excluding carboxylic acids is 1. The Morgan fingerprint density at radius 1 is 1.09 bits per heavy atom. The Balaban J connectivity index is 1.81. The van der Waals surface area contributed by atoms with Gasteiger partial charge in [0.2, 0.25) is 0 Å². The molecule has 1 N–H and O–H groups in total. The topological polar surface area (TPSA) is 72.5 Å². The Bertz CT molecular complexity index is 771. The van der Waals surface area contributed by atoms with Crippen LogP contribution < -0.4 is 10.1 Å². The Morgan fingerprint density at radius 3 is 2.26 bits per heavy atom. The van der Waals surface area contributed by atoms with E-state index in [9.17, 15) is 13.2 Å². The second kappa shape index (κ2) is 7.78. The standard InChI is InChI=1S/C16H16INO4S/c1-23(20,21)15-8-2-12(3-9-15)10-18-16(19)11-22-14-6-4-13(17)5-7-14/h2-9H,10-11H2,1H3,(H,18,19). The van der Waals surface area contributed by atoms with Crippen LogP contribution in [-0.4, -0.2) is 27.2 Å². The van der Waals surface area contributed by atoms with E-state index in [0.717, 1.165) is 15.4 Å². The minimum atomic E-state index is -3.20. The van der Waals surface area contributed by atoms with Crippen LogP contribution in [0.15, 0.2) is 53.4 Å². The molecule has 0 aromatic heterocycles. The summed E-state index contributed by atoms with van der Waals surface area (Å²) in [6.45, 7) is 0.251. The van der Waals surface area contributed by atoms with E-state index >= 15 is 0 Å². The van der Waals surface area contributed by atoms with Crippen LogP contribution >= 0.6 is 22.6 Å². The molecule has 122 valence electrons. The van der Waals surface area contributed by atoms with Crippen LogP contribution in [0.2, 0.25) is 0 Å². The van der Waals surface area contributed by atoms with E-state index in [1.54, 1.807) is 24.3 Å². The van der Waals surface area contributed by atoms with Gasteiger partial charge < -0.3 is 10.1 Å². The summed E-state index contributed by atoms with van der Waals surface area (Å²) in [6.07, 6.45) is 1.16. The lowest BCUT2D eigenvalue weighted by Crippen LogP contribution is -2.28. The number of amides is 1. The number of benzene rings is 2. The van der Waals surface area contributed by atoms with Crippen molar-refractivity contribution in [2.75, 3.05) is 12.9 Å². The first-order valence-corrected chi connectivity index (χ1v) is 9.76. The molecule has 7 heteroatoms. The van der Waals surface area contributed by atoms with Gasteiger partial charge in [0.15, 0.2) is 16.4 Å². The van der Waals surface area contributed by atoms with Crippen molar-refractivity contribution in [2.45, 2.75) is 11.4 Å². The van der Waals surface area contributed by atoms with E-state index in [1.807, 2.05) is 12.1 Å². The fourth-order valence-corrected chi connectivity index (χ4v) is 2.78. The minimum absolute atomic E-state index is 0.0674. The molecule has 0 aliphatic heterocycles. The summed E-state index contributed by atoms with van der Waals surface area (Å²) < 4.78 is 29.2. The average molecular weight is 445 g/mol. The Kier molecular flexibility index (Phi) is 6.00. The molecule has 23 heavy (non-hydrogen) atoms. The van der Waals surface area contributed by atoms with Crippen molar-refractivity contribution >= 4 is 38.3 Å². The summed E-state index contributed by atoms with van der Waals surface area (Å²) in [5, 5.41) is 2.72. The van der Waals surface area contributed by atoms with E-state index in [0.29, 0.717) is 12.3 Å². The van der Waals surface area contributed by atoms with Gasteiger partial charge in [-0.15, -0.1) is 0 Å². The quantitative estimate of drug-likeness (QED) is 0.694. The maximum absolute atomic E-state index is 11.7. The molecule has 2 rings (SSSR count). The summed E-state index contributed by atoms with van der Waals surface area (Å²) in [4.78, 5) is 12.0. The minimum Gasteiger partial charge on any atom is -0.484 e. The van der Waals surface area contributed by atoms with E-state index in [1.165, 1.54) is 12.1 Å². The van der Waals surface area contributed by atoms with Crippen molar-refractivity contribution < 1.29 is 17.9 Å². The van der Waals surface area contributed by atoms with Crippen LogP contribution in [-0.2, 0) is 21.2 Å². The highest BCUT2D eigenvalue weighted by molar-refractivity contribution is 14.1. The van der Waals surface area contributed by atoms with Crippen LogP contribution in [0.5, 0.6) is 5.75 Å². The Labute approximate surface area is 149 Å². The van der Waals surface area contributed by atoms with Crippen LogP contribution in [0, 0.1) is 3.57 Å². The Morgan fingerprint density at radius 2 is 1.70 bits per heavy atom. The highest BCUT2D eigenvalue weighted by Gasteiger charge is 2.07. The molecule has 0 atom stereocenters. The number of nitrogens with one attached hydrogen (secondary N) is 1. The molecule has 0 saturated carbocycles. The largest absolute Gasteiger partial charge is 0.484 e. The van der Waals surface area contributed by atoms with Crippen LogP contribution in [0.25, 0.3) is 0 Å². The van der Waals surface area contributed by atoms with Crippen molar-refractivity contribution in [2.24, 2.45) is 0 Å².